The van der Waals surface area contributed by atoms with Crippen molar-refractivity contribution in [3.8, 4) is 0 Å². The van der Waals surface area contributed by atoms with Gasteiger partial charge in [0.1, 0.15) is 0 Å². The molecule has 0 radical (unpaired) electrons. The largest absolute Gasteiger partial charge is 0.381 e. The molecule has 2 heterocycles. The first-order valence-corrected chi connectivity index (χ1v) is 5.34. The Morgan fingerprint density at radius 1 is 1.36 bits per heavy atom. The summed E-state index contributed by atoms with van der Waals surface area (Å²) >= 11 is 0. The molecule has 2 rings (SSSR count). The molecule has 0 aromatic rings. The third kappa shape index (κ3) is 1.93. The third-order valence-electron chi connectivity index (χ3n) is 3.18. The van der Waals surface area contributed by atoms with Crippen LogP contribution < -0.4 is 5.73 Å². The van der Waals surface area contributed by atoms with Gasteiger partial charge in [-0.05, 0) is 19.8 Å². The zero-order chi connectivity index (χ0) is 10.0. The van der Waals surface area contributed by atoms with E-state index in [4.69, 9.17) is 19.9 Å². The van der Waals surface area contributed by atoms with Crippen LogP contribution in [0.5, 0.6) is 0 Å². The second-order valence-corrected chi connectivity index (χ2v) is 4.19. The van der Waals surface area contributed by atoms with Crippen molar-refractivity contribution in [3.63, 3.8) is 0 Å². The summed E-state index contributed by atoms with van der Waals surface area (Å²) in [6, 6.07) is 0. The van der Waals surface area contributed by atoms with E-state index in [2.05, 4.69) is 0 Å². The van der Waals surface area contributed by atoms with Gasteiger partial charge in [0.05, 0.1) is 12.7 Å². The van der Waals surface area contributed by atoms with Crippen molar-refractivity contribution in [2.24, 2.45) is 11.7 Å². The molecule has 2 atom stereocenters. The minimum atomic E-state index is -0.423. The molecule has 0 bridgehead atoms. The summed E-state index contributed by atoms with van der Waals surface area (Å²) in [5.41, 5.74) is 5.55. The molecule has 2 fully saturated rings. The van der Waals surface area contributed by atoms with Gasteiger partial charge in [0.2, 0.25) is 0 Å². The molecule has 4 nitrogen and oxygen atoms in total. The average molecular weight is 201 g/mol. The lowest BCUT2D eigenvalue weighted by atomic mass is 9.92. The molecule has 2 saturated heterocycles. The van der Waals surface area contributed by atoms with Gasteiger partial charge < -0.3 is 19.9 Å². The quantitative estimate of drug-likeness (QED) is 0.707. The number of nitrogens with two attached hydrogens (primary N) is 1. The van der Waals surface area contributed by atoms with Gasteiger partial charge in [-0.3, -0.25) is 0 Å². The van der Waals surface area contributed by atoms with Gasteiger partial charge in [0, 0.05) is 25.7 Å². The number of ether oxygens (including phenoxy) is 3. The first-order valence-electron chi connectivity index (χ1n) is 5.34. The van der Waals surface area contributed by atoms with E-state index in [1.54, 1.807) is 0 Å². The van der Waals surface area contributed by atoms with Gasteiger partial charge in [-0.1, -0.05) is 0 Å². The summed E-state index contributed by atoms with van der Waals surface area (Å²) in [5.74, 6) is 0.0289. The Hall–Kier alpha value is -0.160. The van der Waals surface area contributed by atoms with Crippen molar-refractivity contribution in [2.75, 3.05) is 26.4 Å². The monoisotopic (exact) mass is 201 g/mol. The number of rotatable bonds is 2. The van der Waals surface area contributed by atoms with E-state index in [0.29, 0.717) is 19.1 Å². The van der Waals surface area contributed by atoms with Crippen molar-refractivity contribution < 1.29 is 14.2 Å². The first kappa shape index (κ1) is 10.4. The first-order chi connectivity index (χ1) is 6.74. The minimum absolute atomic E-state index is 0.0721. The maximum absolute atomic E-state index is 5.83. The fraction of sp³-hybridized carbons (Fsp3) is 1.00. The van der Waals surface area contributed by atoms with Crippen LogP contribution in [0.3, 0.4) is 0 Å². The molecule has 4 heteroatoms. The Balaban J connectivity index is 1.94. The van der Waals surface area contributed by atoms with Crippen LogP contribution in [0, 0.1) is 5.92 Å². The Kier molecular flexibility index (Phi) is 3.07. The van der Waals surface area contributed by atoms with Crippen LogP contribution in [0.4, 0.5) is 0 Å². The zero-order valence-corrected chi connectivity index (χ0v) is 8.70. The molecule has 0 aromatic heterocycles. The molecule has 14 heavy (non-hydrogen) atoms. The third-order valence-corrected chi connectivity index (χ3v) is 3.18. The van der Waals surface area contributed by atoms with Crippen LogP contribution in [-0.4, -0.2) is 38.3 Å². The molecule has 0 aliphatic carbocycles. The molecular weight excluding hydrogens is 182 g/mol. The Bertz CT molecular complexity index is 194. The summed E-state index contributed by atoms with van der Waals surface area (Å²) in [7, 11) is 0. The summed E-state index contributed by atoms with van der Waals surface area (Å²) in [5, 5.41) is 0. The Morgan fingerprint density at radius 3 is 2.64 bits per heavy atom. The van der Waals surface area contributed by atoms with Gasteiger partial charge in [0.25, 0.3) is 0 Å². The molecule has 0 spiro atoms. The number of hydrogen-bond acceptors (Lipinski definition) is 4. The van der Waals surface area contributed by atoms with E-state index in [9.17, 15) is 0 Å². The highest BCUT2D eigenvalue weighted by molar-refractivity contribution is 4.83. The van der Waals surface area contributed by atoms with Crippen LogP contribution in [0.15, 0.2) is 0 Å². The second-order valence-electron chi connectivity index (χ2n) is 4.19. The molecule has 2 N–H and O–H groups in total. The maximum atomic E-state index is 5.83. The lowest BCUT2D eigenvalue weighted by Crippen LogP contribution is -2.40. The van der Waals surface area contributed by atoms with Crippen LogP contribution in [-0.2, 0) is 14.2 Å². The van der Waals surface area contributed by atoms with Gasteiger partial charge in [-0.2, -0.15) is 0 Å². The van der Waals surface area contributed by atoms with Crippen molar-refractivity contribution >= 4 is 0 Å². The van der Waals surface area contributed by atoms with Crippen LogP contribution in [0.1, 0.15) is 19.8 Å². The van der Waals surface area contributed by atoms with Gasteiger partial charge >= 0.3 is 0 Å². The van der Waals surface area contributed by atoms with E-state index in [-0.39, 0.29) is 6.10 Å². The normalized spacial score (nSPS) is 40.3. The Labute approximate surface area is 84.7 Å². The lowest BCUT2D eigenvalue weighted by Gasteiger charge is -2.35. The molecule has 2 aliphatic rings. The molecule has 0 amide bonds. The molecule has 0 aromatic carbocycles. The summed E-state index contributed by atoms with van der Waals surface area (Å²) < 4.78 is 16.9. The van der Waals surface area contributed by atoms with E-state index in [1.165, 1.54) is 0 Å². The van der Waals surface area contributed by atoms with Crippen LogP contribution in [0.2, 0.25) is 0 Å². The Morgan fingerprint density at radius 2 is 2.07 bits per heavy atom. The molecule has 82 valence electrons. The lowest BCUT2D eigenvalue weighted by molar-refractivity contribution is -0.205. The highest BCUT2D eigenvalue weighted by Gasteiger charge is 2.43. The van der Waals surface area contributed by atoms with Crippen molar-refractivity contribution in [1.82, 2.24) is 0 Å². The summed E-state index contributed by atoms with van der Waals surface area (Å²) in [6.07, 6.45) is 2.12. The smallest absolute Gasteiger partial charge is 0.169 e. The highest BCUT2D eigenvalue weighted by atomic mass is 16.7. The van der Waals surface area contributed by atoms with E-state index in [1.807, 2.05) is 6.92 Å². The van der Waals surface area contributed by atoms with Crippen LogP contribution >= 0.6 is 0 Å². The van der Waals surface area contributed by atoms with Crippen molar-refractivity contribution in [2.45, 2.75) is 31.7 Å². The van der Waals surface area contributed by atoms with E-state index in [0.717, 1.165) is 26.1 Å². The maximum Gasteiger partial charge on any atom is 0.169 e. The molecule has 2 aliphatic heterocycles. The predicted octanol–water partition coefficient (Wildman–Crippen LogP) is 0.503. The van der Waals surface area contributed by atoms with Crippen molar-refractivity contribution in [3.05, 3.63) is 0 Å². The minimum Gasteiger partial charge on any atom is -0.381 e. The average Bonchev–Trinajstić information content (AvgIpc) is 2.63. The van der Waals surface area contributed by atoms with Gasteiger partial charge in [-0.25, -0.2) is 0 Å². The van der Waals surface area contributed by atoms with Crippen molar-refractivity contribution in [1.29, 1.82) is 0 Å². The molecular formula is C10H19NO3. The van der Waals surface area contributed by atoms with Gasteiger partial charge in [0.15, 0.2) is 5.79 Å². The fourth-order valence-electron chi connectivity index (χ4n) is 2.21. The molecule has 2 unspecified atom stereocenters. The topological polar surface area (TPSA) is 53.7 Å². The number of hydrogen-bond donors (Lipinski definition) is 1. The summed E-state index contributed by atoms with van der Waals surface area (Å²) in [6.45, 7) is 4.84. The van der Waals surface area contributed by atoms with E-state index >= 15 is 0 Å². The zero-order valence-electron chi connectivity index (χ0n) is 8.70. The standard InChI is InChI=1S/C10H19NO3/c1-10(8-2-4-12-5-3-8)13-7-9(6-11)14-10/h8-9H,2-7,11H2,1H3. The van der Waals surface area contributed by atoms with E-state index < -0.39 is 5.79 Å². The fourth-order valence-corrected chi connectivity index (χ4v) is 2.21. The second kappa shape index (κ2) is 4.14. The summed E-state index contributed by atoms with van der Waals surface area (Å²) in [4.78, 5) is 0. The molecule has 0 saturated carbocycles. The highest BCUT2D eigenvalue weighted by Crippen LogP contribution is 2.36. The van der Waals surface area contributed by atoms with Crippen LogP contribution in [0.25, 0.3) is 0 Å². The SMILES string of the molecule is CC1(C2CCOCC2)OCC(CN)O1. The predicted molar refractivity (Wildman–Crippen MR) is 51.8 cm³/mol. The van der Waals surface area contributed by atoms with Gasteiger partial charge in [-0.15, -0.1) is 0 Å².